The molecule has 0 unspecified atom stereocenters. The lowest BCUT2D eigenvalue weighted by Crippen LogP contribution is -2.51. The first-order chi connectivity index (χ1) is 11.3. The van der Waals surface area contributed by atoms with Gasteiger partial charge in [0.25, 0.3) is 0 Å². The normalized spacial score (nSPS) is 18.5. The van der Waals surface area contributed by atoms with E-state index in [9.17, 15) is 8.42 Å². The molecular weight excluding hydrogens is 324 g/mol. The summed E-state index contributed by atoms with van der Waals surface area (Å²) in [6.45, 7) is 3.72. The van der Waals surface area contributed by atoms with Crippen LogP contribution in [-0.4, -0.2) is 20.3 Å². The van der Waals surface area contributed by atoms with E-state index in [1.807, 2.05) is 31.2 Å². The number of hydrogen-bond acceptors (Lipinski definition) is 4. The maximum absolute atomic E-state index is 12.2. The molecule has 2 rings (SSSR count). The summed E-state index contributed by atoms with van der Waals surface area (Å²) in [6, 6.07) is 7.42. The van der Waals surface area contributed by atoms with Gasteiger partial charge in [0.15, 0.2) is 0 Å². The largest absolute Gasteiger partial charge is 0.490 e. The van der Waals surface area contributed by atoms with Gasteiger partial charge in [0.2, 0.25) is 10.0 Å². The van der Waals surface area contributed by atoms with Gasteiger partial charge >= 0.3 is 0 Å². The Bertz CT molecular complexity index is 623. The van der Waals surface area contributed by atoms with Crippen LogP contribution in [0.2, 0.25) is 0 Å². The molecule has 0 radical (unpaired) electrons. The van der Waals surface area contributed by atoms with Gasteiger partial charge in [0, 0.05) is 0 Å². The van der Waals surface area contributed by atoms with Crippen LogP contribution in [0.4, 0.5) is 0 Å². The second-order valence-electron chi connectivity index (χ2n) is 6.88. The Morgan fingerprint density at radius 1 is 1.29 bits per heavy atom. The van der Waals surface area contributed by atoms with E-state index in [1.165, 1.54) is 12.8 Å². The van der Waals surface area contributed by atoms with Crippen LogP contribution in [0.1, 0.15) is 64.4 Å². The monoisotopic (exact) mass is 354 g/mol. The molecule has 6 heteroatoms. The van der Waals surface area contributed by atoms with Crippen molar-refractivity contribution in [2.24, 2.45) is 5.73 Å². The number of unbranched alkanes of at least 4 members (excludes halogenated alkanes) is 2. The van der Waals surface area contributed by atoms with Crippen molar-refractivity contribution in [1.82, 2.24) is 4.72 Å². The van der Waals surface area contributed by atoms with Crippen LogP contribution in [0, 0.1) is 0 Å². The molecule has 1 saturated carbocycles. The second-order valence-corrected chi connectivity index (χ2v) is 8.72. The molecule has 0 aliphatic heterocycles. The van der Waals surface area contributed by atoms with Gasteiger partial charge in [-0.3, -0.25) is 0 Å². The molecule has 5 nitrogen and oxygen atoms in total. The van der Waals surface area contributed by atoms with Crippen LogP contribution >= 0.6 is 0 Å². The van der Waals surface area contributed by atoms with Crippen molar-refractivity contribution >= 4 is 10.0 Å². The summed E-state index contributed by atoms with van der Waals surface area (Å²) >= 11 is 0. The van der Waals surface area contributed by atoms with Gasteiger partial charge in [-0.05, 0) is 56.7 Å². The van der Waals surface area contributed by atoms with Crippen molar-refractivity contribution in [3.05, 3.63) is 29.8 Å². The molecule has 1 aliphatic rings. The highest BCUT2D eigenvalue weighted by Gasteiger charge is 2.27. The maximum Gasteiger partial charge on any atom is 0.213 e. The molecule has 136 valence electrons. The summed E-state index contributed by atoms with van der Waals surface area (Å²) in [5.41, 5.74) is 5.81. The average Bonchev–Trinajstić information content (AvgIpc) is 2.99. The van der Waals surface area contributed by atoms with Crippen molar-refractivity contribution in [2.45, 2.75) is 70.6 Å². The Balaban J connectivity index is 2.04. The number of rotatable bonds is 9. The molecule has 1 aromatic rings. The molecule has 1 fully saturated rings. The Kier molecular flexibility index (Phi) is 6.66. The van der Waals surface area contributed by atoms with E-state index in [0.717, 1.165) is 31.4 Å². The first kappa shape index (κ1) is 19.2. The van der Waals surface area contributed by atoms with E-state index in [2.05, 4.69) is 4.72 Å². The molecule has 1 aromatic carbocycles. The van der Waals surface area contributed by atoms with Gasteiger partial charge in [-0.25, -0.2) is 8.42 Å². The average molecular weight is 355 g/mol. The third-order valence-electron chi connectivity index (χ3n) is 4.42. The van der Waals surface area contributed by atoms with Crippen molar-refractivity contribution in [3.63, 3.8) is 0 Å². The van der Waals surface area contributed by atoms with Gasteiger partial charge < -0.3 is 10.5 Å². The predicted molar refractivity (Wildman–Crippen MR) is 97.3 cm³/mol. The van der Waals surface area contributed by atoms with Gasteiger partial charge in [0.05, 0.1) is 11.9 Å². The third-order valence-corrected chi connectivity index (χ3v) is 5.98. The van der Waals surface area contributed by atoms with Gasteiger partial charge in [-0.1, -0.05) is 31.9 Å². The van der Waals surface area contributed by atoms with Crippen LogP contribution in [-0.2, 0) is 15.7 Å². The highest BCUT2D eigenvalue weighted by Crippen LogP contribution is 2.26. The minimum Gasteiger partial charge on any atom is -0.490 e. The predicted octanol–water partition coefficient (Wildman–Crippen LogP) is 3.25. The van der Waals surface area contributed by atoms with Gasteiger partial charge in [-0.2, -0.15) is 4.72 Å². The zero-order valence-corrected chi connectivity index (χ0v) is 15.6. The fourth-order valence-electron chi connectivity index (χ4n) is 3.07. The second kappa shape index (κ2) is 8.32. The number of benzene rings is 1. The van der Waals surface area contributed by atoms with Crippen LogP contribution in [0.15, 0.2) is 24.3 Å². The summed E-state index contributed by atoms with van der Waals surface area (Å²) in [5.74, 6) is 0.854. The van der Waals surface area contributed by atoms with E-state index < -0.39 is 15.7 Å². The van der Waals surface area contributed by atoms with E-state index in [-0.39, 0.29) is 11.9 Å². The quantitative estimate of drug-likeness (QED) is 0.527. The zero-order valence-electron chi connectivity index (χ0n) is 14.8. The van der Waals surface area contributed by atoms with Gasteiger partial charge in [-0.15, -0.1) is 0 Å². The summed E-state index contributed by atoms with van der Waals surface area (Å²) in [7, 11) is -3.41. The third kappa shape index (κ3) is 5.76. The summed E-state index contributed by atoms with van der Waals surface area (Å²) in [5, 5.41) is 0. The van der Waals surface area contributed by atoms with Crippen molar-refractivity contribution in [2.75, 3.05) is 5.75 Å². The molecule has 0 spiro atoms. The number of nitrogens with one attached hydrogen (secondary N) is 1. The molecule has 24 heavy (non-hydrogen) atoms. The molecule has 1 aliphatic carbocycles. The fourth-order valence-corrected chi connectivity index (χ4v) is 4.52. The minimum atomic E-state index is -3.41. The number of hydrogen-bond donors (Lipinski definition) is 2. The van der Waals surface area contributed by atoms with E-state index in [0.29, 0.717) is 12.0 Å². The van der Waals surface area contributed by atoms with E-state index in [4.69, 9.17) is 10.5 Å². The first-order valence-corrected chi connectivity index (χ1v) is 10.6. The zero-order chi connectivity index (χ0) is 17.6. The maximum atomic E-state index is 12.2. The Labute approximate surface area is 146 Å². The van der Waals surface area contributed by atoms with Crippen LogP contribution < -0.4 is 15.2 Å². The smallest absolute Gasteiger partial charge is 0.213 e. The summed E-state index contributed by atoms with van der Waals surface area (Å²) < 4.78 is 33.1. The summed E-state index contributed by atoms with van der Waals surface area (Å²) in [6.07, 6.45) is 7.35. The SMILES string of the molecule is CCCCCS(=O)(=O)N[C@@](C)(N)c1cccc(OC2CCCC2)c1. The molecule has 0 saturated heterocycles. The fraction of sp³-hybridized carbons (Fsp3) is 0.667. The number of ether oxygens (including phenoxy) is 1. The molecule has 0 aromatic heterocycles. The molecule has 1 atom stereocenters. The van der Waals surface area contributed by atoms with E-state index in [1.54, 1.807) is 6.92 Å². The molecule has 3 N–H and O–H groups in total. The Morgan fingerprint density at radius 2 is 2.00 bits per heavy atom. The lowest BCUT2D eigenvalue weighted by molar-refractivity contribution is 0.209. The van der Waals surface area contributed by atoms with Gasteiger partial charge in [0.1, 0.15) is 11.4 Å². The van der Waals surface area contributed by atoms with Crippen LogP contribution in [0.3, 0.4) is 0 Å². The first-order valence-electron chi connectivity index (χ1n) is 8.90. The Morgan fingerprint density at radius 3 is 2.67 bits per heavy atom. The summed E-state index contributed by atoms with van der Waals surface area (Å²) in [4.78, 5) is 0. The Hall–Kier alpha value is -1.11. The topological polar surface area (TPSA) is 81.4 Å². The highest BCUT2D eigenvalue weighted by atomic mass is 32.2. The minimum absolute atomic E-state index is 0.103. The molecule has 0 bridgehead atoms. The molecule has 0 heterocycles. The van der Waals surface area contributed by atoms with Crippen molar-refractivity contribution in [1.29, 1.82) is 0 Å². The molecular formula is C18H30N2O3S. The van der Waals surface area contributed by atoms with Crippen LogP contribution in [0.25, 0.3) is 0 Å². The van der Waals surface area contributed by atoms with Crippen molar-refractivity contribution < 1.29 is 13.2 Å². The van der Waals surface area contributed by atoms with Crippen molar-refractivity contribution in [3.8, 4) is 5.75 Å². The number of nitrogens with two attached hydrogens (primary N) is 1. The van der Waals surface area contributed by atoms with E-state index >= 15 is 0 Å². The molecule has 0 amide bonds. The van der Waals surface area contributed by atoms with Crippen LogP contribution in [0.5, 0.6) is 5.75 Å². The highest BCUT2D eigenvalue weighted by molar-refractivity contribution is 7.89. The standard InChI is InChI=1S/C18H30N2O3S/c1-3-4-7-13-24(21,22)20-18(2,19)15-9-8-12-17(14-15)23-16-10-5-6-11-16/h8-9,12,14,16,20H,3-7,10-11,13,19H2,1-2H3/t18-/m1/s1. The lowest BCUT2D eigenvalue weighted by atomic mass is 10.0. The lowest BCUT2D eigenvalue weighted by Gasteiger charge is -2.27. The number of sulfonamides is 1.